The van der Waals surface area contributed by atoms with Crippen LogP contribution >= 0.6 is 11.6 Å². The van der Waals surface area contributed by atoms with Crippen molar-refractivity contribution in [2.45, 2.75) is 25.0 Å². The fourth-order valence-corrected chi connectivity index (χ4v) is 6.91. The van der Waals surface area contributed by atoms with Crippen molar-refractivity contribution in [3.8, 4) is 0 Å². The number of aryl methyl sites for hydroxylation is 1. The summed E-state index contributed by atoms with van der Waals surface area (Å²) < 4.78 is 27.1. The van der Waals surface area contributed by atoms with Crippen LogP contribution in [0.15, 0.2) is 42.1 Å². The van der Waals surface area contributed by atoms with Gasteiger partial charge in [-0.15, -0.1) is 0 Å². The molecular formula is C22H25ClN4O2S. The molecule has 2 aromatic rings. The Hall–Kier alpha value is -2.09. The highest BCUT2D eigenvalue weighted by molar-refractivity contribution is 7.90. The molecule has 5 rings (SSSR count). The van der Waals surface area contributed by atoms with Crippen LogP contribution in [0.3, 0.4) is 0 Å². The van der Waals surface area contributed by atoms with E-state index in [1.165, 1.54) is 16.8 Å². The van der Waals surface area contributed by atoms with Crippen molar-refractivity contribution in [2.24, 2.45) is 5.92 Å². The lowest BCUT2D eigenvalue weighted by Crippen LogP contribution is -2.31. The number of nitrogens with zero attached hydrogens (tertiary/aromatic N) is 3. The second-order valence-electron chi connectivity index (χ2n) is 8.44. The Morgan fingerprint density at radius 2 is 2.00 bits per heavy atom. The van der Waals surface area contributed by atoms with Crippen LogP contribution in [0.4, 0.5) is 11.5 Å². The third-order valence-electron chi connectivity index (χ3n) is 6.61. The van der Waals surface area contributed by atoms with Crippen molar-refractivity contribution in [3.05, 3.63) is 58.3 Å². The molecule has 3 aliphatic rings. The molecule has 0 radical (unpaired) electrons. The smallest absolute Gasteiger partial charge is 0.216 e. The van der Waals surface area contributed by atoms with Crippen LogP contribution in [0.2, 0.25) is 5.02 Å². The minimum atomic E-state index is -3.22. The minimum absolute atomic E-state index is 0.101. The summed E-state index contributed by atoms with van der Waals surface area (Å²) in [7, 11) is -1.14. The number of nitrogens with one attached hydrogen (secondary N) is 1. The van der Waals surface area contributed by atoms with Gasteiger partial charge in [0.15, 0.2) is 0 Å². The van der Waals surface area contributed by atoms with Gasteiger partial charge in [0, 0.05) is 55.7 Å². The molecule has 158 valence electrons. The van der Waals surface area contributed by atoms with Crippen molar-refractivity contribution >= 4 is 38.8 Å². The van der Waals surface area contributed by atoms with Crippen molar-refractivity contribution in [1.82, 2.24) is 9.71 Å². The van der Waals surface area contributed by atoms with Gasteiger partial charge in [0.1, 0.15) is 5.82 Å². The second kappa shape index (κ2) is 7.25. The molecule has 8 heteroatoms. The zero-order valence-electron chi connectivity index (χ0n) is 17.1. The number of para-hydroxylation sites is 1. The Morgan fingerprint density at radius 1 is 1.20 bits per heavy atom. The summed E-state index contributed by atoms with van der Waals surface area (Å²) >= 11 is 6.64. The maximum atomic E-state index is 12.2. The number of allylic oxidation sites excluding steroid dienone is 1. The van der Waals surface area contributed by atoms with Crippen LogP contribution in [0, 0.1) is 5.92 Å². The number of halogens is 1. The molecule has 0 spiro atoms. The fourth-order valence-electron chi connectivity index (χ4n) is 5.00. The van der Waals surface area contributed by atoms with Crippen molar-refractivity contribution in [1.29, 1.82) is 0 Å². The summed E-state index contributed by atoms with van der Waals surface area (Å²) in [6.07, 6.45) is 3.65. The Labute approximate surface area is 182 Å². The summed E-state index contributed by atoms with van der Waals surface area (Å²) in [4.78, 5) is 8.84. The molecule has 0 aliphatic carbocycles. The van der Waals surface area contributed by atoms with E-state index in [1.54, 1.807) is 6.20 Å². The van der Waals surface area contributed by atoms with Gasteiger partial charge in [-0.1, -0.05) is 29.8 Å². The summed E-state index contributed by atoms with van der Waals surface area (Å²) in [6, 6.07) is 10.5. The van der Waals surface area contributed by atoms with Crippen LogP contribution < -0.4 is 14.5 Å². The number of pyridine rings is 1. The molecule has 0 saturated carbocycles. The van der Waals surface area contributed by atoms with E-state index in [1.807, 2.05) is 6.07 Å². The molecule has 1 aromatic carbocycles. The molecule has 2 atom stereocenters. The summed E-state index contributed by atoms with van der Waals surface area (Å²) in [5, 5.41) is 0.236. The van der Waals surface area contributed by atoms with Crippen LogP contribution in [0.1, 0.15) is 24.5 Å². The molecule has 0 amide bonds. The van der Waals surface area contributed by atoms with E-state index in [0.717, 1.165) is 29.9 Å². The van der Waals surface area contributed by atoms with Crippen LogP contribution in [-0.4, -0.2) is 45.3 Å². The van der Waals surface area contributed by atoms with Crippen molar-refractivity contribution in [3.63, 3.8) is 0 Å². The third-order valence-corrected chi connectivity index (χ3v) is 8.81. The standard InChI is InChI=1S/C22H25ClN4O2S/c1-14-7-8-15-5-3-4-6-19(15)26(2)22(14)17-9-21(24-11-18(17)23)27-12-16-10-25-30(28,29)20(16)13-27/h3-6,9,11,16,20,25H,7-8,10,12-13H2,1-2H3. The molecule has 30 heavy (non-hydrogen) atoms. The first-order valence-corrected chi connectivity index (χ1v) is 12.2. The Kier molecular flexibility index (Phi) is 4.80. The first kappa shape index (κ1) is 19.8. The lowest BCUT2D eigenvalue weighted by atomic mass is 10.0. The maximum Gasteiger partial charge on any atom is 0.216 e. The highest BCUT2D eigenvalue weighted by atomic mass is 35.5. The van der Waals surface area contributed by atoms with Gasteiger partial charge >= 0.3 is 0 Å². The first-order chi connectivity index (χ1) is 14.3. The maximum absolute atomic E-state index is 12.2. The van der Waals surface area contributed by atoms with Crippen molar-refractivity contribution in [2.75, 3.05) is 36.5 Å². The monoisotopic (exact) mass is 444 g/mol. The first-order valence-electron chi connectivity index (χ1n) is 10.3. The lowest BCUT2D eigenvalue weighted by molar-refractivity contribution is 0.582. The number of anilines is 2. The normalized spacial score (nSPS) is 25.3. The number of hydrogen-bond donors (Lipinski definition) is 1. The fraction of sp³-hybridized carbons (Fsp3) is 0.409. The number of benzene rings is 1. The van der Waals surface area contributed by atoms with Crippen LogP contribution in [0.25, 0.3) is 5.70 Å². The predicted octanol–water partition coefficient (Wildman–Crippen LogP) is 3.29. The predicted molar refractivity (Wildman–Crippen MR) is 121 cm³/mol. The lowest BCUT2D eigenvalue weighted by Gasteiger charge is -2.27. The topological polar surface area (TPSA) is 65.5 Å². The molecule has 2 fully saturated rings. The number of aromatic nitrogens is 1. The third kappa shape index (κ3) is 3.20. The average Bonchev–Trinajstić information content (AvgIpc) is 3.25. The molecule has 6 nitrogen and oxygen atoms in total. The van der Waals surface area contributed by atoms with E-state index in [2.05, 4.69) is 57.7 Å². The Bertz CT molecular complexity index is 1150. The van der Waals surface area contributed by atoms with E-state index in [0.29, 0.717) is 24.7 Å². The quantitative estimate of drug-likeness (QED) is 0.770. The molecule has 3 aliphatic heterocycles. The summed E-state index contributed by atoms with van der Waals surface area (Å²) in [5.74, 6) is 0.884. The van der Waals surface area contributed by atoms with Crippen LogP contribution in [0.5, 0.6) is 0 Å². The zero-order valence-corrected chi connectivity index (χ0v) is 18.7. The molecule has 1 N–H and O–H groups in total. The van der Waals surface area contributed by atoms with Gasteiger partial charge in [0.05, 0.1) is 10.3 Å². The molecule has 4 heterocycles. The molecular weight excluding hydrogens is 420 g/mol. The van der Waals surface area contributed by atoms with Gasteiger partial charge in [0.25, 0.3) is 0 Å². The number of fused-ring (bicyclic) bond motifs is 2. The summed E-state index contributed by atoms with van der Waals surface area (Å²) in [5.41, 5.74) is 5.83. The molecule has 2 saturated heterocycles. The van der Waals surface area contributed by atoms with Crippen molar-refractivity contribution < 1.29 is 8.42 Å². The zero-order chi connectivity index (χ0) is 21.0. The largest absolute Gasteiger partial charge is 0.355 e. The highest BCUT2D eigenvalue weighted by Crippen LogP contribution is 2.39. The molecule has 2 unspecified atom stereocenters. The van der Waals surface area contributed by atoms with Crippen LogP contribution in [-0.2, 0) is 16.4 Å². The molecule has 0 bridgehead atoms. The number of sulfonamides is 1. The van der Waals surface area contributed by atoms with Gasteiger partial charge < -0.3 is 9.80 Å². The van der Waals surface area contributed by atoms with Gasteiger partial charge in [0.2, 0.25) is 10.0 Å². The number of hydrogen-bond acceptors (Lipinski definition) is 5. The van der Waals surface area contributed by atoms with Gasteiger partial charge in [-0.2, -0.15) is 0 Å². The van der Waals surface area contributed by atoms with E-state index in [-0.39, 0.29) is 11.2 Å². The SMILES string of the molecule is CC1=C(c2cc(N3CC4CNS(=O)(=O)C4C3)ncc2Cl)N(C)c2ccccc2CC1. The van der Waals surface area contributed by atoms with E-state index >= 15 is 0 Å². The van der Waals surface area contributed by atoms with E-state index < -0.39 is 10.0 Å². The highest BCUT2D eigenvalue weighted by Gasteiger charge is 2.46. The summed E-state index contributed by atoms with van der Waals surface area (Å²) in [6.45, 7) is 3.81. The number of rotatable bonds is 2. The van der Waals surface area contributed by atoms with E-state index in [9.17, 15) is 8.42 Å². The van der Waals surface area contributed by atoms with Gasteiger partial charge in [-0.05, 0) is 43.0 Å². The van der Waals surface area contributed by atoms with E-state index in [4.69, 9.17) is 11.6 Å². The van der Waals surface area contributed by atoms with Gasteiger partial charge in [-0.3, -0.25) is 0 Å². The minimum Gasteiger partial charge on any atom is -0.355 e. The van der Waals surface area contributed by atoms with Gasteiger partial charge in [-0.25, -0.2) is 18.1 Å². The Morgan fingerprint density at radius 3 is 2.80 bits per heavy atom. The molecule has 1 aromatic heterocycles. The Balaban J connectivity index is 1.53. The average molecular weight is 445 g/mol. The second-order valence-corrected chi connectivity index (χ2v) is 10.8.